The minimum absolute atomic E-state index is 0.00879. The van der Waals surface area contributed by atoms with Crippen molar-refractivity contribution >= 4 is 40.3 Å². The lowest BCUT2D eigenvalue weighted by molar-refractivity contribution is -0.384. The number of benzene rings is 2. The fourth-order valence-electron chi connectivity index (χ4n) is 4.59. The minimum Gasteiger partial charge on any atom is -0.459 e. The van der Waals surface area contributed by atoms with E-state index in [1.807, 2.05) is 60.4 Å². The van der Waals surface area contributed by atoms with Crippen LogP contribution in [0.15, 0.2) is 83.4 Å². The second-order valence-corrected chi connectivity index (χ2v) is 9.37. The predicted molar refractivity (Wildman–Crippen MR) is 150 cm³/mol. The van der Waals surface area contributed by atoms with E-state index in [9.17, 15) is 14.9 Å². The summed E-state index contributed by atoms with van der Waals surface area (Å²) in [6.45, 7) is 1.87. The number of nitro benzene ring substituents is 1. The lowest BCUT2D eigenvalue weighted by Crippen LogP contribution is -2.29. The molecule has 0 bridgehead atoms. The summed E-state index contributed by atoms with van der Waals surface area (Å²) >= 11 is 5.79. The van der Waals surface area contributed by atoms with Gasteiger partial charge in [0.15, 0.2) is 5.11 Å². The number of carbonyl (C=O) groups excluding carboxylic acids is 1. The molecule has 39 heavy (non-hydrogen) atoms. The summed E-state index contributed by atoms with van der Waals surface area (Å²) in [6.07, 6.45) is 1.73. The molecule has 11 heteroatoms. The Morgan fingerprint density at radius 1 is 1.18 bits per heavy atom. The van der Waals surface area contributed by atoms with E-state index in [0.29, 0.717) is 27.9 Å². The number of anilines is 2. The SMILES string of the molecule is COCC(=O)Nc1ccc(N2C(=S)NC(c3ccccn3)C2c2ccc(-c3ccc([N+](=O)[O-])cc3)o2)cc1C. The van der Waals surface area contributed by atoms with Crippen LogP contribution >= 0.6 is 12.2 Å². The zero-order chi connectivity index (χ0) is 27.5. The quantitative estimate of drug-likeness (QED) is 0.173. The highest BCUT2D eigenvalue weighted by Gasteiger charge is 2.42. The van der Waals surface area contributed by atoms with Crippen molar-refractivity contribution in [3.05, 3.63) is 106 Å². The van der Waals surface area contributed by atoms with E-state index < -0.39 is 4.92 Å². The van der Waals surface area contributed by atoms with Crippen LogP contribution in [0, 0.1) is 17.0 Å². The predicted octanol–water partition coefficient (Wildman–Crippen LogP) is 5.32. The van der Waals surface area contributed by atoms with E-state index in [1.54, 1.807) is 18.3 Å². The maximum absolute atomic E-state index is 12.0. The number of carbonyl (C=O) groups is 1. The third-order valence-electron chi connectivity index (χ3n) is 6.42. The van der Waals surface area contributed by atoms with Gasteiger partial charge in [0.05, 0.1) is 16.7 Å². The number of nitrogens with zero attached hydrogens (tertiary/aromatic N) is 3. The summed E-state index contributed by atoms with van der Waals surface area (Å²) in [4.78, 5) is 29.2. The van der Waals surface area contributed by atoms with E-state index in [-0.39, 0.29) is 30.3 Å². The molecule has 1 aliphatic heterocycles. The number of hydrogen-bond acceptors (Lipinski definition) is 7. The smallest absolute Gasteiger partial charge is 0.269 e. The fourth-order valence-corrected chi connectivity index (χ4v) is 4.94. The number of hydrogen-bond donors (Lipinski definition) is 2. The molecule has 198 valence electrons. The van der Waals surface area contributed by atoms with Crippen molar-refractivity contribution in [1.82, 2.24) is 10.3 Å². The van der Waals surface area contributed by atoms with Crippen molar-refractivity contribution in [3.8, 4) is 11.3 Å². The van der Waals surface area contributed by atoms with Crippen LogP contribution in [0.1, 0.15) is 29.1 Å². The van der Waals surface area contributed by atoms with Crippen molar-refractivity contribution in [3.63, 3.8) is 0 Å². The maximum Gasteiger partial charge on any atom is 0.269 e. The van der Waals surface area contributed by atoms with Crippen LogP contribution in [0.25, 0.3) is 11.3 Å². The molecule has 3 heterocycles. The van der Waals surface area contributed by atoms with Gasteiger partial charge in [-0.05, 0) is 79.3 Å². The molecule has 1 amide bonds. The van der Waals surface area contributed by atoms with Crippen molar-refractivity contribution in [2.75, 3.05) is 23.9 Å². The first-order valence-corrected chi connectivity index (χ1v) is 12.5. The Hall–Kier alpha value is -4.61. The molecule has 2 aromatic carbocycles. The van der Waals surface area contributed by atoms with Crippen LogP contribution in [-0.2, 0) is 9.53 Å². The summed E-state index contributed by atoms with van der Waals surface area (Å²) in [5.74, 6) is 0.973. The molecule has 0 spiro atoms. The number of nitro groups is 1. The number of rotatable bonds is 8. The number of aryl methyl sites for hydroxylation is 1. The number of furan rings is 1. The van der Waals surface area contributed by atoms with E-state index in [2.05, 4.69) is 15.6 Å². The van der Waals surface area contributed by atoms with E-state index >= 15 is 0 Å². The molecule has 2 unspecified atom stereocenters. The molecule has 1 fully saturated rings. The minimum atomic E-state index is -0.436. The third kappa shape index (κ3) is 5.35. The molecule has 2 atom stereocenters. The number of amides is 1. The summed E-state index contributed by atoms with van der Waals surface area (Å²) in [6, 6.07) is 20.6. The molecular weight excluding hydrogens is 518 g/mol. The first-order valence-electron chi connectivity index (χ1n) is 12.1. The normalized spacial score (nSPS) is 16.7. The number of non-ortho nitro benzene ring substituents is 1. The zero-order valence-corrected chi connectivity index (χ0v) is 22.0. The second-order valence-electron chi connectivity index (χ2n) is 8.98. The molecule has 0 saturated carbocycles. The number of methoxy groups -OCH3 is 1. The third-order valence-corrected chi connectivity index (χ3v) is 6.73. The summed E-state index contributed by atoms with van der Waals surface area (Å²) in [7, 11) is 1.47. The fraction of sp³-hybridized carbons (Fsp3) is 0.179. The van der Waals surface area contributed by atoms with Crippen molar-refractivity contribution < 1.29 is 18.9 Å². The van der Waals surface area contributed by atoms with Crippen LogP contribution in [0.5, 0.6) is 0 Å². The highest BCUT2D eigenvalue weighted by molar-refractivity contribution is 7.80. The molecule has 0 radical (unpaired) electrons. The zero-order valence-electron chi connectivity index (χ0n) is 21.2. The molecule has 1 saturated heterocycles. The topological polar surface area (TPSA) is 123 Å². The molecule has 4 aromatic rings. The molecule has 2 aromatic heterocycles. The Labute approximate surface area is 229 Å². The van der Waals surface area contributed by atoms with Crippen LogP contribution in [-0.4, -0.2) is 34.6 Å². The van der Waals surface area contributed by atoms with E-state index in [1.165, 1.54) is 19.2 Å². The van der Waals surface area contributed by atoms with Gasteiger partial charge in [0.2, 0.25) is 5.91 Å². The van der Waals surface area contributed by atoms with Gasteiger partial charge >= 0.3 is 0 Å². The van der Waals surface area contributed by atoms with Gasteiger partial charge in [-0.1, -0.05) is 6.07 Å². The summed E-state index contributed by atoms with van der Waals surface area (Å²) in [5.41, 5.74) is 3.86. The number of ether oxygens (including phenoxy) is 1. The van der Waals surface area contributed by atoms with Crippen molar-refractivity contribution in [2.45, 2.75) is 19.0 Å². The Bertz CT molecular complexity index is 1520. The van der Waals surface area contributed by atoms with Gasteiger partial charge < -0.3 is 24.7 Å². The maximum atomic E-state index is 12.0. The first kappa shape index (κ1) is 26.0. The van der Waals surface area contributed by atoms with Gasteiger partial charge in [-0.3, -0.25) is 19.9 Å². The summed E-state index contributed by atoms with van der Waals surface area (Å²) < 4.78 is 11.2. The standard InChI is InChI=1S/C28H25N5O5S/c1-17-15-20(10-11-21(17)30-25(34)16-37-2)32-27(26(31-28(32)39)22-5-3-4-14-29-22)24-13-12-23(38-24)18-6-8-19(9-7-18)33(35)36/h3-15,26-27H,16H2,1-2H3,(H,30,34)(H,31,39). The van der Waals surface area contributed by atoms with Gasteiger partial charge in [0.1, 0.15) is 24.2 Å². The van der Waals surface area contributed by atoms with Gasteiger partial charge in [0.25, 0.3) is 5.69 Å². The Morgan fingerprint density at radius 3 is 2.64 bits per heavy atom. The van der Waals surface area contributed by atoms with Crippen LogP contribution in [0.3, 0.4) is 0 Å². The number of nitrogens with one attached hydrogen (secondary N) is 2. The first-order chi connectivity index (χ1) is 18.9. The van der Waals surface area contributed by atoms with Gasteiger partial charge in [-0.2, -0.15) is 0 Å². The second kappa shape index (κ2) is 11.0. The van der Waals surface area contributed by atoms with Gasteiger partial charge in [-0.25, -0.2) is 0 Å². The molecule has 2 N–H and O–H groups in total. The summed E-state index contributed by atoms with van der Waals surface area (Å²) in [5, 5.41) is 17.8. The van der Waals surface area contributed by atoms with E-state index in [0.717, 1.165) is 16.9 Å². The number of thiocarbonyl (C=S) groups is 1. The molecular formula is C28H25N5O5S. The highest BCUT2D eigenvalue weighted by Crippen LogP contribution is 2.43. The highest BCUT2D eigenvalue weighted by atomic mass is 32.1. The number of pyridine rings is 1. The molecule has 10 nitrogen and oxygen atoms in total. The van der Waals surface area contributed by atoms with Crippen molar-refractivity contribution in [2.24, 2.45) is 0 Å². The Kier molecular flexibility index (Phi) is 7.35. The average molecular weight is 544 g/mol. The monoisotopic (exact) mass is 543 g/mol. The lowest BCUT2D eigenvalue weighted by Gasteiger charge is -2.26. The van der Waals surface area contributed by atoms with Gasteiger partial charge in [0, 0.05) is 42.4 Å². The van der Waals surface area contributed by atoms with E-state index in [4.69, 9.17) is 21.4 Å². The Morgan fingerprint density at radius 2 is 1.97 bits per heavy atom. The largest absolute Gasteiger partial charge is 0.459 e. The van der Waals surface area contributed by atoms with Gasteiger partial charge in [-0.15, -0.1) is 0 Å². The van der Waals surface area contributed by atoms with Crippen LogP contribution in [0.2, 0.25) is 0 Å². The lowest BCUT2D eigenvalue weighted by atomic mass is 10.0. The number of aromatic nitrogens is 1. The van der Waals surface area contributed by atoms with Crippen LogP contribution in [0.4, 0.5) is 17.1 Å². The molecule has 1 aliphatic rings. The molecule has 5 rings (SSSR count). The molecule has 0 aliphatic carbocycles. The van der Waals surface area contributed by atoms with Crippen molar-refractivity contribution in [1.29, 1.82) is 0 Å². The van der Waals surface area contributed by atoms with Crippen LogP contribution < -0.4 is 15.5 Å². The average Bonchev–Trinajstić information content (AvgIpc) is 3.55. The Balaban J connectivity index is 1.52.